The molecule has 0 saturated carbocycles. The van der Waals surface area contributed by atoms with Crippen molar-refractivity contribution < 1.29 is 8.42 Å². The molecule has 0 aromatic carbocycles. The van der Waals surface area contributed by atoms with Gasteiger partial charge in [0.05, 0.1) is 11.4 Å². The first-order valence-corrected chi connectivity index (χ1v) is 9.89. The van der Waals surface area contributed by atoms with Crippen molar-refractivity contribution in [3.8, 4) is 0 Å². The molecule has 6 heteroatoms. The van der Waals surface area contributed by atoms with Crippen molar-refractivity contribution in [1.82, 2.24) is 15.1 Å². The Labute approximate surface area is 129 Å². The van der Waals surface area contributed by atoms with E-state index in [4.69, 9.17) is 5.10 Å². The summed E-state index contributed by atoms with van der Waals surface area (Å²) < 4.78 is 24.5. The minimum absolute atomic E-state index is 0.218. The number of aryl methyl sites for hydroxylation is 2. The third-order valence-corrected chi connectivity index (χ3v) is 4.70. The summed E-state index contributed by atoms with van der Waals surface area (Å²) in [5, 5.41) is 8.16. The minimum Gasteiger partial charge on any atom is -0.310 e. The van der Waals surface area contributed by atoms with E-state index in [2.05, 4.69) is 33.0 Å². The minimum atomic E-state index is -2.90. The molecule has 0 aliphatic rings. The van der Waals surface area contributed by atoms with Gasteiger partial charge in [0.25, 0.3) is 0 Å². The second-order valence-corrected chi connectivity index (χ2v) is 7.76. The third kappa shape index (κ3) is 5.11. The predicted octanol–water partition coefficient (Wildman–Crippen LogP) is 2.11. The maximum atomic E-state index is 11.3. The van der Waals surface area contributed by atoms with Crippen LogP contribution in [-0.2, 0) is 29.2 Å². The van der Waals surface area contributed by atoms with Crippen molar-refractivity contribution in [3.05, 3.63) is 17.0 Å². The molecule has 1 heterocycles. The van der Waals surface area contributed by atoms with Crippen LogP contribution in [0.4, 0.5) is 0 Å². The van der Waals surface area contributed by atoms with Crippen LogP contribution in [0.3, 0.4) is 0 Å². The highest BCUT2D eigenvalue weighted by molar-refractivity contribution is 7.90. The number of hydrogen-bond acceptors (Lipinski definition) is 4. The van der Waals surface area contributed by atoms with E-state index in [1.54, 1.807) is 0 Å². The lowest BCUT2D eigenvalue weighted by Gasteiger charge is -2.15. The van der Waals surface area contributed by atoms with Gasteiger partial charge in [-0.2, -0.15) is 5.10 Å². The molecule has 21 heavy (non-hydrogen) atoms. The molecule has 0 aliphatic carbocycles. The van der Waals surface area contributed by atoms with Gasteiger partial charge in [0.2, 0.25) is 0 Å². The summed E-state index contributed by atoms with van der Waals surface area (Å²) >= 11 is 0. The largest absolute Gasteiger partial charge is 0.310 e. The van der Waals surface area contributed by atoms with E-state index < -0.39 is 9.84 Å². The maximum Gasteiger partial charge on any atom is 0.147 e. The molecule has 0 radical (unpaired) electrons. The van der Waals surface area contributed by atoms with Crippen LogP contribution in [0.15, 0.2) is 0 Å². The lowest BCUT2D eigenvalue weighted by Crippen LogP contribution is -2.20. The van der Waals surface area contributed by atoms with Crippen molar-refractivity contribution in [1.29, 1.82) is 0 Å². The van der Waals surface area contributed by atoms with E-state index >= 15 is 0 Å². The fourth-order valence-corrected chi connectivity index (χ4v) is 3.42. The monoisotopic (exact) mass is 315 g/mol. The number of hydrogen-bond donors (Lipinski definition) is 1. The van der Waals surface area contributed by atoms with Gasteiger partial charge in [-0.3, -0.25) is 4.68 Å². The molecule has 1 atom stereocenters. The molecule has 1 rings (SSSR count). The van der Waals surface area contributed by atoms with Gasteiger partial charge in [0.1, 0.15) is 9.84 Å². The lowest BCUT2D eigenvalue weighted by molar-refractivity contribution is 0.553. The lowest BCUT2D eigenvalue weighted by atomic mass is 10.0. The van der Waals surface area contributed by atoms with Gasteiger partial charge in [-0.15, -0.1) is 0 Å². The Bertz CT molecular complexity index is 550. The van der Waals surface area contributed by atoms with Crippen molar-refractivity contribution in [3.63, 3.8) is 0 Å². The molecule has 0 bridgehead atoms. The summed E-state index contributed by atoms with van der Waals surface area (Å²) in [7, 11) is -2.90. The van der Waals surface area contributed by atoms with Gasteiger partial charge in [0.15, 0.2) is 0 Å². The van der Waals surface area contributed by atoms with Crippen LogP contribution >= 0.6 is 0 Å². The molecule has 0 amide bonds. The van der Waals surface area contributed by atoms with Crippen LogP contribution in [0.2, 0.25) is 0 Å². The molecular formula is C15H29N3O2S. The summed E-state index contributed by atoms with van der Waals surface area (Å²) in [4.78, 5) is 0. The summed E-state index contributed by atoms with van der Waals surface area (Å²) in [6.45, 7) is 10.1. The first kappa shape index (κ1) is 18.2. The maximum absolute atomic E-state index is 11.3. The van der Waals surface area contributed by atoms with Gasteiger partial charge in [-0.1, -0.05) is 20.8 Å². The molecule has 5 nitrogen and oxygen atoms in total. The SMILES string of the molecule is CCNC(C)c1c(CC)nn(CCCS(C)(=O)=O)c1CC. The fourth-order valence-electron chi connectivity index (χ4n) is 2.77. The van der Waals surface area contributed by atoms with Crippen molar-refractivity contribution in [2.75, 3.05) is 18.6 Å². The molecule has 0 fully saturated rings. The van der Waals surface area contributed by atoms with E-state index in [0.29, 0.717) is 13.0 Å². The van der Waals surface area contributed by atoms with Crippen molar-refractivity contribution >= 4 is 9.84 Å². The van der Waals surface area contributed by atoms with Gasteiger partial charge in [-0.05, 0) is 32.7 Å². The summed E-state index contributed by atoms with van der Waals surface area (Å²) in [5.41, 5.74) is 3.65. The number of rotatable bonds is 9. The van der Waals surface area contributed by atoms with E-state index in [0.717, 1.165) is 25.1 Å². The molecule has 1 aromatic rings. The second kappa shape index (κ2) is 7.94. The number of sulfone groups is 1. The zero-order chi connectivity index (χ0) is 16.0. The van der Waals surface area contributed by atoms with Gasteiger partial charge in [-0.25, -0.2) is 8.42 Å². The molecule has 1 aromatic heterocycles. The molecule has 0 saturated heterocycles. The van der Waals surface area contributed by atoms with E-state index in [-0.39, 0.29) is 11.8 Å². The van der Waals surface area contributed by atoms with E-state index in [9.17, 15) is 8.42 Å². The third-order valence-electron chi connectivity index (χ3n) is 3.67. The Hall–Kier alpha value is -0.880. The average molecular weight is 315 g/mol. The number of nitrogens with zero attached hydrogens (tertiary/aromatic N) is 2. The highest BCUT2D eigenvalue weighted by atomic mass is 32.2. The topological polar surface area (TPSA) is 64.0 Å². The van der Waals surface area contributed by atoms with Crippen LogP contribution < -0.4 is 5.32 Å². The zero-order valence-electron chi connectivity index (χ0n) is 13.9. The number of nitrogens with one attached hydrogen (secondary N) is 1. The van der Waals surface area contributed by atoms with Crippen LogP contribution in [0.25, 0.3) is 0 Å². The van der Waals surface area contributed by atoms with E-state index in [1.807, 2.05) is 4.68 Å². The standard InChI is InChI=1S/C15H29N3O2S/c1-6-13-15(12(4)16-8-3)14(7-2)18(17-13)10-9-11-21(5,19)20/h12,16H,6-11H2,1-5H3. The Morgan fingerprint density at radius 1 is 1.24 bits per heavy atom. The molecule has 1 unspecified atom stereocenters. The predicted molar refractivity (Wildman–Crippen MR) is 87.4 cm³/mol. The van der Waals surface area contributed by atoms with Crippen LogP contribution in [0.1, 0.15) is 57.1 Å². The summed E-state index contributed by atoms with van der Waals surface area (Å²) in [6, 6.07) is 0.281. The zero-order valence-corrected chi connectivity index (χ0v) is 14.8. The van der Waals surface area contributed by atoms with Gasteiger partial charge < -0.3 is 5.32 Å². The van der Waals surface area contributed by atoms with Crippen molar-refractivity contribution in [2.45, 2.75) is 59.5 Å². The molecule has 0 aliphatic heterocycles. The Morgan fingerprint density at radius 3 is 2.38 bits per heavy atom. The van der Waals surface area contributed by atoms with E-state index in [1.165, 1.54) is 17.5 Å². The number of aromatic nitrogens is 2. The fraction of sp³-hybridized carbons (Fsp3) is 0.800. The highest BCUT2D eigenvalue weighted by Crippen LogP contribution is 2.24. The van der Waals surface area contributed by atoms with Crippen LogP contribution in [0.5, 0.6) is 0 Å². The molecule has 0 spiro atoms. The Balaban J connectivity index is 2.99. The first-order chi connectivity index (χ1) is 9.84. The molecule has 122 valence electrons. The normalized spacial score (nSPS) is 13.6. The van der Waals surface area contributed by atoms with Crippen LogP contribution in [-0.4, -0.2) is 36.8 Å². The van der Waals surface area contributed by atoms with Crippen LogP contribution in [0, 0.1) is 0 Å². The Morgan fingerprint density at radius 2 is 1.90 bits per heavy atom. The molecular weight excluding hydrogens is 286 g/mol. The highest BCUT2D eigenvalue weighted by Gasteiger charge is 2.20. The smallest absolute Gasteiger partial charge is 0.147 e. The summed E-state index contributed by atoms with van der Waals surface area (Å²) in [6.07, 6.45) is 3.72. The van der Waals surface area contributed by atoms with Crippen molar-refractivity contribution in [2.24, 2.45) is 0 Å². The summed E-state index contributed by atoms with van der Waals surface area (Å²) in [5.74, 6) is 0.218. The second-order valence-electron chi connectivity index (χ2n) is 5.50. The molecule has 1 N–H and O–H groups in total. The quantitative estimate of drug-likeness (QED) is 0.758. The Kier molecular flexibility index (Phi) is 6.87. The first-order valence-electron chi connectivity index (χ1n) is 7.83. The average Bonchev–Trinajstić information content (AvgIpc) is 2.75. The van der Waals surface area contributed by atoms with Gasteiger partial charge in [0, 0.05) is 30.1 Å². The van der Waals surface area contributed by atoms with Gasteiger partial charge >= 0.3 is 0 Å².